The molecule has 2 aromatic carbocycles. The number of benzene rings is 2. The number of hydrogen-bond donors (Lipinski definition) is 3. The van der Waals surface area contributed by atoms with Crippen LogP contribution in [0.5, 0.6) is 17.2 Å². The van der Waals surface area contributed by atoms with E-state index in [0.717, 1.165) is 0 Å². The number of rotatable bonds is 11. The Morgan fingerprint density at radius 2 is 1.68 bits per heavy atom. The third-order valence-corrected chi connectivity index (χ3v) is 6.00. The number of hydrogen-bond acceptors (Lipinski definition) is 7. The third-order valence-electron chi connectivity index (χ3n) is 4.65. The smallest absolute Gasteiger partial charge is 0.328 e. The van der Waals surface area contributed by atoms with Gasteiger partial charge >= 0.3 is 6.03 Å². The van der Waals surface area contributed by atoms with E-state index in [1.807, 2.05) is 4.72 Å². The van der Waals surface area contributed by atoms with Gasteiger partial charge < -0.3 is 24.8 Å². The van der Waals surface area contributed by atoms with Crippen molar-refractivity contribution in [2.75, 3.05) is 34.4 Å². The van der Waals surface area contributed by atoms with Crippen LogP contribution in [0.15, 0.2) is 47.4 Å². The van der Waals surface area contributed by atoms with E-state index in [1.54, 1.807) is 44.4 Å². The summed E-state index contributed by atoms with van der Waals surface area (Å²) in [5, 5.41) is 5.11. The molecule has 34 heavy (non-hydrogen) atoms. The molecule has 2 rings (SSSR count). The van der Waals surface area contributed by atoms with Crippen LogP contribution in [-0.2, 0) is 21.2 Å². The Morgan fingerprint density at radius 1 is 0.941 bits per heavy atom. The van der Waals surface area contributed by atoms with Crippen molar-refractivity contribution in [2.45, 2.75) is 18.2 Å². The molecule has 0 fully saturated rings. The van der Waals surface area contributed by atoms with E-state index in [2.05, 4.69) is 10.6 Å². The average molecular weight is 492 g/mol. The average Bonchev–Trinajstić information content (AvgIpc) is 2.82. The van der Waals surface area contributed by atoms with Gasteiger partial charge in [-0.2, -0.15) is 0 Å². The SMILES string of the molecule is CCNC(=O)NS(=O)(=O)c1cc(CCNC(=O)C=Cc2ccc(OC)cc2OC)ccc1OC. The molecule has 0 aliphatic carbocycles. The van der Waals surface area contributed by atoms with Gasteiger partial charge in [0.05, 0.1) is 21.3 Å². The van der Waals surface area contributed by atoms with Crippen molar-refractivity contribution in [3.05, 3.63) is 53.6 Å². The van der Waals surface area contributed by atoms with Crippen LogP contribution in [0.1, 0.15) is 18.1 Å². The van der Waals surface area contributed by atoms with Crippen molar-refractivity contribution in [1.29, 1.82) is 0 Å². The lowest BCUT2D eigenvalue weighted by atomic mass is 10.1. The second-order valence-electron chi connectivity index (χ2n) is 6.93. The van der Waals surface area contributed by atoms with Crippen molar-refractivity contribution in [1.82, 2.24) is 15.4 Å². The fraction of sp³-hybridized carbons (Fsp3) is 0.304. The van der Waals surface area contributed by atoms with Gasteiger partial charge in [0, 0.05) is 30.8 Å². The molecule has 0 radical (unpaired) electrons. The normalized spacial score (nSPS) is 11.1. The monoisotopic (exact) mass is 491 g/mol. The maximum atomic E-state index is 12.6. The number of sulfonamides is 1. The molecule has 0 aliphatic heterocycles. The number of carbonyl (C=O) groups excluding carboxylic acids is 2. The largest absolute Gasteiger partial charge is 0.497 e. The number of urea groups is 1. The molecule has 0 aromatic heterocycles. The van der Waals surface area contributed by atoms with Crippen molar-refractivity contribution >= 4 is 28.0 Å². The Hall–Kier alpha value is -3.73. The molecule has 0 saturated heterocycles. The highest BCUT2D eigenvalue weighted by atomic mass is 32.2. The predicted octanol–water partition coefficient (Wildman–Crippen LogP) is 2.09. The maximum Gasteiger partial charge on any atom is 0.328 e. The van der Waals surface area contributed by atoms with Crippen LogP contribution in [0.2, 0.25) is 0 Å². The zero-order chi connectivity index (χ0) is 25.1. The molecule has 0 atom stereocenters. The van der Waals surface area contributed by atoms with Gasteiger partial charge in [-0.25, -0.2) is 17.9 Å². The van der Waals surface area contributed by atoms with Crippen LogP contribution in [0.25, 0.3) is 6.08 Å². The van der Waals surface area contributed by atoms with Gasteiger partial charge in [0.15, 0.2) is 0 Å². The van der Waals surface area contributed by atoms with Crippen LogP contribution < -0.4 is 29.6 Å². The van der Waals surface area contributed by atoms with Gasteiger partial charge in [0.2, 0.25) is 5.91 Å². The number of amides is 3. The molecular weight excluding hydrogens is 462 g/mol. The summed E-state index contributed by atoms with van der Waals surface area (Å²) in [5.74, 6) is 0.982. The second-order valence-corrected chi connectivity index (χ2v) is 8.58. The first-order valence-corrected chi connectivity index (χ1v) is 11.9. The summed E-state index contributed by atoms with van der Waals surface area (Å²) in [7, 11) is 0.275. The number of methoxy groups -OCH3 is 3. The zero-order valence-electron chi connectivity index (χ0n) is 19.5. The molecule has 11 heteroatoms. The Labute approximate surface area is 199 Å². The summed E-state index contributed by atoms with van der Waals surface area (Å²) in [6, 6.07) is 9.01. The standard InChI is InChI=1S/C23H29N3O7S/c1-5-24-23(28)26-34(29,30)21-14-16(6-10-19(21)32-3)12-13-25-22(27)11-8-17-7-9-18(31-2)15-20(17)33-4/h6-11,14-15H,5,12-13H2,1-4H3,(H,25,27)(H2,24,26,28). The molecule has 2 aromatic rings. The van der Waals surface area contributed by atoms with Crippen LogP contribution in [0.4, 0.5) is 4.79 Å². The van der Waals surface area contributed by atoms with Gasteiger partial charge in [-0.3, -0.25) is 4.79 Å². The molecule has 0 spiro atoms. The van der Waals surface area contributed by atoms with Crippen molar-refractivity contribution in [3.8, 4) is 17.2 Å². The van der Waals surface area contributed by atoms with Crippen LogP contribution >= 0.6 is 0 Å². The first-order valence-electron chi connectivity index (χ1n) is 10.4. The second kappa shape index (κ2) is 12.5. The van der Waals surface area contributed by atoms with Crippen LogP contribution in [0, 0.1) is 0 Å². The fourth-order valence-corrected chi connectivity index (χ4v) is 4.12. The first-order chi connectivity index (χ1) is 16.2. The van der Waals surface area contributed by atoms with Gasteiger partial charge in [0.25, 0.3) is 10.0 Å². The molecule has 0 saturated carbocycles. The van der Waals surface area contributed by atoms with Crippen LogP contribution in [-0.4, -0.2) is 54.8 Å². The summed E-state index contributed by atoms with van der Waals surface area (Å²) in [6.45, 7) is 2.21. The fourth-order valence-electron chi connectivity index (χ4n) is 2.97. The lowest BCUT2D eigenvalue weighted by molar-refractivity contribution is -0.116. The van der Waals surface area contributed by atoms with Gasteiger partial charge in [-0.1, -0.05) is 6.07 Å². The summed E-state index contributed by atoms with van der Waals surface area (Å²) < 4.78 is 42.7. The summed E-state index contributed by atoms with van der Waals surface area (Å²) >= 11 is 0. The van der Waals surface area contributed by atoms with E-state index in [0.29, 0.717) is 29.0 Å². The molecule has 10 nitrogen and oxygen atoms in total. The van der Waals surface area contributed by atoms with E-state index in [4.69, 9.17) is 14.2 Å². The van der Waals surface area contributed by atoms with E-state index in [1.165, 1.54) is 32.4 Å². The first kappa shape index (κ1) is 26.5. The number of carbonyl (C=O) groups is 2. The van der Waals surface area contributed by atoms with Gasteiger partial charge in [-0.15, -0.1) is 0 Å². The maximum absolute atomic E-state index is 12.6. The van der Waals surface area contributed by atoms with Gasteiger partial charge in [-0.05, 0) is 49.2 Å². The minimum absolute atomic E-state index is 0.0981. The lowest BCUT2D eigenvalue weighted by Crippen LogP contribution is -2.39. The summed E-state index contributed by atoms with van der Waals surface area (Å²) in [5.41, 5.74) is 1.35. The lowest BCUT2D eigenvalue weighted by Gasteiger charge is -2.13. The Kier molecular flexibility index (Phi) is 9.75. The molecular formula is C23H29N3O7S. The Balaban J connectivity index is 2.03. The van der Waals surface area contributed by atoms with Crippen molar-refractivity contribution in [3.63, 3.8) is 0 Å². The summed E-state index contributed by atoms with van der Waals surface area (Å²) in [4.78, 5) is 23.7. The highest BCUT2D eigenvalue weighted by Gasteiger charge is 2.22. The van der Waals surface area contributed by atoms with Crippen molar-refractivity contribution < 1.29 is 32.2 Å². The zero-order valence-corrected chi connectivity index (χ0v) is 20.3. The third kappa shape index (κ3) is 7.41. The Bertz CT molecular complexity index is 1150. The highest BCUT2D eigenvalue weighted by Crippen LogP contribution is 2.26. The molecule has 3 N–H and O–H groups in total. The molecule has 3 amide bonds. The molecule has 0 heterocycles. The predicted molar refractivity (Wildman–Crippen MR) is 128 cm³/mol. The molecule has 184 valence electrons. The number of nitrogens with one attached hydrogen (secondary N) is 3. The number of ether oxygens (including phenoxy) is 3. The molecule has 0 bridgehead atoms. The minimum Gasteiger partial charge on any atom is -0.497 e. The molecule has 0 unspecified atom stereocenters. The van der Waals surface area contributed by atoms with Gasteiger partial charge in [0.1, 0.15) is 22.1 Å². The van der Waals surface area contributed by atoms with E-state index in [-0.39, 0.29) is 29.6 Å². The van der Waals surface area contributed by atoms with E-state index >= 15 is 0 Å². The minimum atomic E-state index is -4.15. The quantitative estimate of drug-likeness (QED) is 0.410. The van der Waals surface area contributed by atoms with Crippen LogP contribution in [0.3, 0.4) is 0 Å². The Morgan fingerprint density at radius 3 is 2.32 bits per heavy atom. The molecule has 0 aliphatic rings. The van der Waals surface area contributed by atoms with E-state index in [9.17, 15) is 18.0 Å². The van der Waals surface area contributed by atoms with Crippen molar-refractivity contribution in [2.24, 2.45) is 0 Å². The van der Waals surface area contributed by atoms with E-state index < -0.39 is 16.1 Å². The highest BCUT2D eigenvalue weighted by molar-refractivity contribution is 7.90. The topological polar surface area (TPSA) is 132 Å². The summed E-state index contributed by atoms with van der Waals surface area (Å²) in [6.07, 6.45) is 3.36.